The highest BCUT2D eigenvalue weighted by molar-refractivity contribution is 6.02. The smallest absolute Gasteiger partial charge is 0.359 e. The Kier molecular flexibility index (Phi) is 7.46. The predicted molar refractivity (Wildman–Crippen MR) is 127 cm³/mol. The molecule has 4 rings (SSSR count). The van der Waals surface area contributed by atoms with Crippen LogP contribution in [0.5, 0.6) is 0 Å². The molecular formula is C26H35N3O4. The molecule has 33 heavy (non-hydrogen) atoms. The first kappa shape index (κ1) is 23.5. The van der Waals surface area contributed by atoms with E-state index in [1.165, 1.54) is 30.4 Å². The third-order valence-corrected chi connectivity index (χ3v) is 7.44. The van der Waals surface area contributed by atoms with Crippen molar-refractivity contribution in [2.45, 2.75) is 77.8 Å². The maximum absolute atomic E-state index is 12.9. The van der Waals surface area contributed by atoms with Gasteiger partial charge in [-0.3, -0.25) is 9.59 Å². The Morgan fingerprint density at radius 3 is 2.64 bits per heavy atom. The van der Waals surface area contributed by atoms with Gasteiger partial charge in [0.05, 0.1) is 5.39 Å². The van der Waals surface area contributed by atoms with Crippen LogP contribution in [0.25, 0.3) is 10.8 Å². The van der Waals surface area contributed by atoms with Crippen molar-refractivity contribution in [3.8, 4) is 0 Å². The summed E-state index contributed by atoms with van der Waals surface area (Å²) in [5.74, 6) is 1.06. The van der Waals surface area contributed by atoms with Gasteiger partial charge in [0, 0.05) is 18.0 Å². The molecule has 4 unspecified atom stereocenters. The molecule has 1 N–H and O–H groups in total. The first-order chi connectivity index (χ1) is 16.0. The number of nitrogens with zero attached hydrogens (tertiary/aromatic N) is 2. The fourth-order valence-electron chi connectivity index (χ4n) is 5.73. The minimum absolute atomic E-state index is 0.0784. The molecule has 0 saturated heterocycles. The van der Waals surface area contributed by atoms with Crippen molar-refractivity contribution in [2.24, 2.45) is 17.8 Å². The van der Waals surface area contributed by atoms with Crippen LogP contribution in [0.4, 0.5) is 0 Å². The molecule has 1 amide bonds. The number of nitrogens with one attached hydrogen (secondary N) is 1. The van der Waals surface area contributed by atoms with Crippen molar-refractivity contribution < 1.29 is 14.3 Å². The van der Waals surface area contributed by atoms with Crippen molar-refractivity contribution in [1.29, 1.82) is 0 Å². The van der Waals surface area contributed by atoms with E-state index in [-0.39, 0.29) is 29.8 Å². The van der Waals surface area contributed by atoms with Crippen LogP contribution in [-0.4, -0.2) is 34.3 Å². The molecule has 178 valence electrons. The predicted octanol–water partition coefficient (Wildman–Crippen LogP) is 4.07. The molecule has 1 aromatic carbocycles. The van der Waals surface area contributed by atoms with Crippen molar-refractivity contribution in [1.82, 2.24) is 15.1 Å². The zero-order chi connectivity index (χ0) is 23.4. The number of hydrogen-bond donors (Lipinski definition) is 1. The topological polar surface area (TPSA) is 90.3 Å². The fraction of sp³-hybridized carbons (Fsp3) is 0.615. The van der Waals surface area contributed by atoms with Crippen molar-refractivity contribution >= 4 is 22.6 Å². The van der Waals surface area contributed by atoms with E-state index in [9.17, 15) is 14.4 Å². The van der Waals surface area contributed by atoms with E-state index >= 15 is 0 Å². The van der Waals surface area contributed by atoms with E-state index in [0.29, 0.717) is 29.2 Å². The molecule has 0 radical (unpaired) electrons. The molecule has 2 saturated carbocycles. The highest BCUT2D eigenvalue weighted by atomic mass is 16.5. The maximum Gasteiger partial charge on any atom is 0.359 e. The lowest BCUT2D eigenvalue weighted by molar-refractivity contribution is -0.125. The van der Waals surface area contributed by atoms with Gasteiger partial charge in [0.2, 0.25) is 0 Å². The fourth-order valence-corrected chi connectivity index (χ4v) is 5.73. The van der Waals surface area contributed by atoms with Crippen molar-refractivity contribution in [3.05, 3.63) is 40.3 Å². The van der Waals surface area contributed by atoms with Crippen LogP contribution < -0.4 is 10.9 Å². The summed E-state index contributed by atoms with van der Waals surface area (Å²) in [5, 5.41) is 8.23. The largest absolute Gasteiger partial charge is 0.451 e. The van der Waals surface area contributed by atoms with Crippen LogP contribution in [0.2, 0.25) is 0 Å². The summed E-state index contributed by atoms with van der Waals surface area (Å²) in [4.78, 5) is 38.2. The van der Waals surface area contributed by atoms with Gasteiger partial charge in [-0.05, 0) is 56.4 Å². The number of esters is 1. The van der Waals surface area contributed by atoms with Gasteiger partial charge in [0.1, 0.15) is 0 Å². The number of hydrogen-bond acceptors (Lipinski definition) is 5. The minimum atomic E-state index is -0.684. The molecule has 2 bridgehead atoms. The average Bonchev–Trinajstić information content (AvgIpc) is 3.46. The summed E-state index contributed by atoms with van der Waals surface area (Å²) >= 11 is 0. The van der Waals surface area contributed by atoms with Gasteiger partial charge in [-0.1, -0.05) is 50.8 Å². The number of benzene rings is 1. The lowest BCUT2D eigenvalue weighted by Gasteiger charge is -2.28. The molecule has 1 aromatic heterocycles. The maximum atomic E-state index is 12.9. The van der Waals surface area contributed by atoms with Gasteiger partial charge in [0.25, 0.3) is 11.5 Å². The summed E-state index contributed by atoms with van der Waals surface area (Å²) in [6.45, 7) is 4.28. The monoisotopic (exact) mass is 453 g/mol. The van der Waals surface area contributed by atoms with E-state index < -0.39 is 5.97 Å². The number of carbonyl (C=O) groups is 2. The van der Waals surface area contributed by atoms with E-state index in [4.69, 9.17) is 4.74 Å². The molecule has 0 aliphatic heterocycles. The molecular weight excluding hydrogens is 418 g/mol. The third kappa shape index (κ3) is 5.28. The molecule has 2 aliphatic rings. The highest BCUT2D eigenvalue weighted by Crippen LogP contribution is 2.49. The van der Waals surface area contributed by atoms with Crippen LogP contribution >= 0.6 is 0 Å². The summed E-state index contributed by atoms with van der Waals surface area (Å²) < 4.78 is 6.69. The Hall–Kier alpha value is -2.70. The van der Waals surface area contributed by atoms with Crippen LogP contribution in [0.15, 0.2) is 29.1 Å². The van der Waals surface area contributed by atoms with E-state index in [2.05, 4.69) is 24.3 Å². The lowest BCUT2D eigenvalue weighted by atomic mass is 9.84. The standard InChI is InChI=1S/C26H35N3O4/c1-3-4-5-8-13-29-25(31)21-10-7-6-9-20(21)24(28-29)26(32)33-16-23(30)27-17(2)22-15-18-11-12-19(22)14-18/h6-7,9-10,17-19,22H,3-5,8,11-16H2,1-2H3,(H,27,30). The number of ether oxygens (including phenoxy) is 1. The first-order valence-electron chi connectivity index (χ1n) is 12.4. The van der Waals surface area contributed by atoms with Crippen molar-refractivity contribution in [3.63, 3.8) is 0 Å². The van der Waals surface area contributed by atoms with Crippen LogP contribution in [-0.2, 0) is 16.1 Å². The normalized spacial score (nSPS) is 22.4. The molecule has 2 aliphatic carbocycles. The number of fused-ring (bicyclic) bond motifs is 3. The van der Waals surface area contributed by atoms with E-state index in [0.717, 1.165) is 31.6 Å². The Labute approximate surface area is 194 Å². The second kappa shape index (κ2) is 10.5. The van der Waals surface area contributed by atoms with Gasteiger partial charge in [0.15, 0.2) is 12.3 Å². The molecule has 2 fully saturated rings. The Bertz CT molecular complexity index is 1060. The summed E-state index contributed by atoms with van der Waals surface area (Å²) in [5.41, 5.74) is -0.134. The summed E-state index contributed by atoms with van der Waals surface area (Å²) in [7, 11) is 0. The van der Waals surface area contributed by atoms with Gasteiger partial charge < -0.3 is 10.1 Å². The number of aromatic nitrogens is 2. The van der Waals surface area contributed by atoms with Gasteiger partial charge in [-0.25, -0.2) is 9.48 Å². The zero-order valence-corrected chi connectivity index (χ0v) is 19.7. The SMILES string of the molecule is CCCCCCn1nc(C(=O)OCC(=O)NC(C)C2CC3CCC2C3)c2ccccc2c1=O. The summed E-state index contributed by atoms with van der Waals surface area (Å²) in [6.07, 6.45) is 9.05. The number of carbonyl (C=O) groups excluding carboxylic acids is 2. The van der Waals surface area contributed by atoms with Gasteiger partial charge in [-0.2, -0.15) is 5.10 Å². The number of aryl methyl sites for hydroxylation is 1. The van der Waals surface area contributed by atoms with Crippen LogP contribution in [0, 0.1) is 17.8 Å². The number of unbranched alkanes of at least 4 members (excludes halogenated alkanes) is 3. The number of rotatable bonds is 10. The minimum Gasteiger partial charge on any atom is -0.451 e. The van der Waals surface area contributed by atoms with E-state index in [1.54, 1.807) is 24.3 Å². The Morgan fingerprint density at radius 1 is 1.15 bits per heavy atom. The van der Waals surface area contributed by atoms with Gasteiger partial charge >= 0.3 is 5.97 Å². The third-order valence-electron chi connectivity index (χ3n) is 7.44. The molecule has 4 atom stereocenters. The quantitative estimate of drug-likeness (QED) is 0.433. The molecule has 7 nitrogen and oxygen atoms in total. The second-order valence-corrected chi connectivity index (χ2v) is 9.75. The molecule has 7 heteroatoms. The number of amides is 1. The van der Waals surface area contributed by atoms with Crippen LogP contribution in [0.1, 0.15) is 75.7 Å². The zero-order valence-electron chi connectivity index (χ0n) is 19.7. The Morgan fingerprint density at radius 2 is 1.94 bits per heavy atom. The van der Waals surface area contributed by atoms with Gasteiger partial charge in [-0.15, -0.1) is 0 Å². The van der Waals surface area contributed by atoms with E-state index in [1.807, 2.05) is 0 Å². The lowest BCUT2D eigenvalue weighted by Crippen LogP contribution is -2.42. The Balaban J connectivity index is 1.41. The highest BCUT2D eigenvalue weighted by Gasteiger charge is 2.42. The first-order valence-corrected chi connectivity index (χ1v) is 12.4. The van der Waals surface area contributed by atoms with Crippen LogP contribution in [0.3, 0.4) is 0 Å². The summed E-state index contributed by atoms with van der Waals surface area (Å²) in [6, 6.07) is 7.00. The molecule has 1 heterocycles. The molecule has 0 spiro atoms. The molecule has 2 aromatic rings. The van der Waals surface area contributed by atoms with Crippen molar-refractivity contribution in [2.75, 3.05) is 6.61 Å². The average molecular weight is 454 g/mol. The second-order valence-electron chi connectivity index (χ2n) is 9.75.